The molecule has 1 heterocycles. The highest BCUT2D eigenvalue weighted by molar-refractivity contribution is 7.99. The lowest BCUT2D eigenvalue weighted by molar-refractivity contribution is -0.384. The zero-order valence-corrected chi connectivity index (χ0v) is 20.4. The Morgan fingerprint density at radius 3 is 2.68 bits per heavy atom. The summed E-state index contributed by atoms with van der Waals surface area (Å²) in [6.45, 7) is 3.77. The fourth-order valence-corrected chi connectivity index (χ4v) is 3.85. The first-order valence-electron chi connectivity index (χ1n) is 9.99. The summed E-state index contributed by atoms with van der Waals surface area (Å²) >= 11 is 13.1. The molecule has 0 unspecified atom stereocenters. The average molecular weight is 523 g/mol. The molecule has 178 valence electrons. The molecule has 0 radical (unpaired) electrons. The Labute approximate surface area is 209 Å². The van der Waals surface area contributed by atoms with Crippen LogP contribution in [-0.4, -0.2) is 37.7 Å². The smallest absolute Gasteiger partial charge is 0.270 e. The minimum atomic E-state index is -0.562. The van der Waals surface area contributed by atoms with Gasteiger partial charge in [0, 0.05) is 22.7 Å². The Hall–Kier alpha value is -3.15. The highest BCUT2D eigenvalue weighted by atomic mass is 35.5. The molecule has 13 heteroatoms. The highest BCUT2D eigenvalue weighted by Gasteiger charge is 2.24. The molecule has 0 fully saturated rings. The molecule has 34 heavy (non-hydrogen) atoms. The Morgan fingerprint density at radius 2 is 1.97 bits per heavy atom. The molecule has 1 aromatic heterocycles. The number of nitrogens with zero attached hydrogens (tertiary/aromatic N) is 3. The van der Waals surface area contributed by atoms with Gasteiger partial charge in [0.05, 0.1) is 27.4 Å². The molecular formula is C21H20Cl2N6O4S. The van der Waals surface area contributed by atoms with Gasteiger partial charge in [-0.1, -0.05) is 54.9 Å². The molecule has 10 nitrogen and oxygen atoms in total. The van der Waals surface area contributed by atoms with E-state index < -0.39 is 16.9 Å². The topological polar surface area (TPSA) is 143 Å². The average Bonchev–Trinajstić information content (AvgIpc) is 3.26. The molecule has 2 aromatic carbocycles. The number of carbonyl (C=O) groups is 2. The summed E-state index contributed by atoms with van der Waals surface area (Å²) in [6.07, 6.45) is 0. The lowest BCUT2D eigenvalue weighted by atomic mass is 10.0. The molecule has 3 N–H and O–H groups in total. The number of non-ortho nitro benzene ring substituents is 1. The van der Waals surface area contributed by atoms with E-state index in [0.29, 0.717) is 26.7 Å². The molecular weight excluding hydrogens is 503 g/mol. The van der Waals surface area contributed by atoms with E-state index in [4.69, 9.17) is 23.2 Å². The molecule has 0 saturated heterocycles. The van der Waals surface area contributed by atoms with Crippen molar-refractivity contribution in [2.24, 2.45) is 5.92 Å². The van der Waals surface area contributed by atoms with Crippen molar-refractivity contribution in [2.75, 3.05) is 11.1 Å². The summed E-state index contributed by atoms with van der Waals surface area (Å²) in [5.74, 6) is -0.450. The number of hydrogen-bond acceptors (Lipinski definition) is 7. The molecule has 2 amide bonds. The molecule has 0 aliphatic carbocycles. The normalized spacial score (nSPS) is 11.8. The first-order chi connectivity index (χ1) is 16.1. The molecule has 1 atom stereocenters. The van der Waals surface area contributed by atoms with E-state index >= 15 is 0 Å². The van der Waals surface area contributed by atoms with Crippen molar-refractivity contribution < 1.29 is 14.5 Å². The minimum absolute atomic E-state index is 0.0204. The number of benzene rings is 2. The van der Waals surface area contributed by atoms with Gasteiger partial charge < -0.3 is 10.6 Å². The molecule has 0 saturated carbocycles. The lowest BCUT2D eigenvalue weighted by Gasteiger charge is -2.19. The molecule has 0 aliphatic heterocycles. The number of amides is 2. The molecule has 0 spiro atoms. The summed E-state index contributed by atoms with van der Waals surface area (Å²) in [6, 6.07) is 9.68. The van der Waals surface area contributed by atoms with E-state index in [1.807, 2.05) is 13.8 Å². The largest absolute Gasteiger partial charge is 0.342 e. The van der Waals surface area contributed by atoms with Crippen molar-refractivity contribution in [3.8, 4) is 0 Å². The van der Waals surface area contributed by atoms with E-state index in [0.717, 1.165) is 11.8 Å². The Morgan fingerprint density at radius 1 is 1.21 bits per heavy atom. The van der Waals surface area contributed by atoms with Crippen LogP contribution in [0.25, 0.3) is 0 Å². The van der Waals surface area contributed by atoms with Crippen LogP contribution in [0.5, 0.6) is 0 Å². The number of carbonyl (C=O) groups excluding carboxylic acids is 2. The number of hydrogen-bond donors (Lipinski definition) is 3. The van der Waals surface area contributed by atoms with E-state index in [-0.39, 0.29) is 28.8 Å². The minimum Gasteiger partial charge on any atom is -0.342 e. The van der Waals surface area contributed by atoms with Crippen molar-refractivity contribution in [3.63, 3.8) is 0 Å². The lowest BCUT2D eigenvalue weighted by Crippen LogP contribution is -2.32. The maximum absolute atomic E-state index is 12.7. The number of nitrogens with one attached hydrogen (secondary N) is 3. The molecule has 3 aromatic rings. The highest BCUT2D eigenvalue weighted by Crippen LogP contribution is 2.26. The Kier molecular flexibility index (Phi) is 8.48. The van der Waals surface area contributed by atoms with Crippen LogP contribution in [0.1, 0.15) is 36.1 Å². The first kappa shape index (κ1) is 25.5. The van der Waals surface area contributed by atoms with Crippen LogP contribution in [0, 0.1) is 16.0 Å². The molecule has 3 rings (SSSR count). The number of aromatic amines is 1. The van der Waals surface area contributed by atoms with Gasteiger partial charge in [0.25, 0.3) is 11.6 Å². The van der Waals surface area contributed by atoms with E-state index in [2.05, 4.69) is 25.8 Å². The Bertz CT molecular complexity index is 1220. The van der Waals surface area contributed by atoms with Crippen LogP contribution in [0.15, 0.2) is 47.6 Å². The maximum Gasteiger partial charge on any atom is 0.270 e. The number of aromatic nitrogens is 3. The van der Waals surface area contributed by atoms with Crippen LogP contribution in [-0.2, 0) is 4.79 Å². The van der Waals surface area contributed by atoms with Gasteiger partial charge in [-0.05, 0) is 30.2 Å². The number of thioether (sulfide) groups is 1. The summed E-state index contributed by atoms with van der Waals surface area (Å²) in [5, 5.41) is 24.5. The number of nitro groups is 1. The maximum atomic E-state index is 12.7. The van der Waals surface area contributed by atoms with Crippen molar-refractivity contribution >= 4 is 58.2 Å². The second kappa shape index (κ2) is 11.3. The van der Waals surface area contributed by atoms with E-state index in [1.165, 1.54) is 24.3 Å². The van der Waals surface area contributed by atoms with Gasteiger partial charge >= 0.3 is 0 Å². The van der Waals surface area contributed by atoms with Crippen molar-refractivity contribution in [2.45, 2.75) is 25.0 Å². The summed E-state index contributed by atoms with van der Waals surface area (Å²) in [5.41, 5.74) is 0.383. The zero-order chi connectivity index (χ0) is 24.8. The van der Waals surface area contributed by atoms with Crippen LogP contribution < -0.4 is 10.6 Å². The monoisotopic (exact) mass is 522 g/mol. The van der Waals surface area contributed by atoms with E-state index in [9.17, 15) is 19.7 Å². The van der Waals surface area contributed by atoms with Gasteiger partial charge in [-0.3, -0.25) is 24.8 Å². The van der Waals surface area contributed by atoms with Gasteiger partial charge in [-0.15, -0.1) is 5.10 Å². The van der Waals surface area contributed by atoms with Crippen LogP contribution in [0.3, 0.4) is 0 Å². The second-order valence-electron chi connectivity index (χ2n) is 7.47. The van der Waals surface area contributed by atoms with Crippen LogP contribution in [0.4, 0.5) is 11.4 Å². The second-order valence-corrected chi connectivity index (χ2v) is 9.25. The fourth-order valence-electron chi connectivity index (χ4n) is 2.91. The Balaban J connectivity index is 1.63. The molecule has 0 aliphatic rings. The van der Waals surface area contributed by atoms with Gasteiger partial charge in [-0.2, -0.15) is 0 Å². The standard InChI is InChI=1S/C21H20Cl2N6O4S/c1-11(2)18(25-20(31)12-4-3-5-14(8-12)29(32)33)19-26-21(28-27-19)34-10-17(30)24-16-9-13(22)6-7-15(16)23/h3-9,11,18H,10H2,1-2H3,(H,24,30)(H,25,31)(H,26,27,28)/t18-/m0/s1. The quantitative estimate of drug-likeness (QED) is 0.206. The van der Waals surface area contributed by atoms with Gasteiger partial charge in [-0.25, -0.2) is 4.98 Å². The third-order valence-corrected chi connectivity index (χ3v) is 6.00. The van der Waals surface area contributed by atoms with Crippen molar-refractivity contribution in [1.82, 2.24) is 20.5 Å². The first-order valence-corrected chi connectivity index (χ1v) is 11.7. The van der Waals surface area contributed by atoms with E-state index in [1.54, 1.807) is 18.2 Å². The third-order valence-electron chi connectivity index (χ3n) is 4.58. The summed E-state index contributed by atoms with van der Waals surface area (Å²) in [7, 11) is 0. The van der Waals surface area contributed by atoms with Gasteiger partial charge in [0.2, 0.25) is 11.1 Å². The zero-order valence-electron chi connectivity index (χ0n) is 18.0. The van der Waals surface area contributed by atoms with Crippen molar-refractivity contribution in [3.05, 3.63) is 74.0 Å². The summed E-state index contributed by atoms with van der Waals surface area (Å²) in [4.78, 5) is 39.8. The number of halogens is 2. The van der Waals surface area contributed by atoms with Crippen LogP contribution >= 0.6 is 35.0 Å². The van der Waals surface area contributed by atoms with Gasteiger partial charge in [0.15, 0.2) is 0 Å². The van der Waals surface area contributed by atoms with Crippen molar-refractivity contribution in [1.29, 1.82) is 0 Å². The molecule has 0 bridgehead atoms. The SMILES string of the molecule is CC(C)[C@H](NC(=O)c1cccc([N+](=O)[O-])c1)c1nc(SCC(=O)Nc2cc(Cl)ccc2Cl)n[nH]1. The third kappa shape index (κ3) is 6.69. The predicted molar refractivity (Wildman–Crippen MR) is 130 cm³/mol. The number of anilines is 1. The van der Waals surface area contributed by atoms with Crippen LogP contribution in [0.2, 0.25) is 10.0 Å². The predicted octanol–water partition coefficient (Wildman–Crippen LogP) is 4.88. The number of rotatable bonds is 9. The summed E-state index contributed by atoms with van der Waals surface area (Å²) < 4.78 is 0. The number of nitro benzene ring substituents is 1. The number of H-pyrrole nitrogens is 1. The fraction of sp³-hybridized carbons (Fsp3) is 0.238. The van der Waals surface area contributed by atoms with Gasteiger partial charge in [0.1, 0.15) is 5.82 Å².